The van der Waals surface area contributed by atoms with E-state index in [2.05, 4.69) is 16.2 Å². The third-order valence-corrected chi connectivity index (χ3v) is 7.78. The first kappa shape index (κ1) is 21.5. The number of para-hydroxylation sites is 1. The van der Waals surface area contributed by atoms with Crippen LogP contribution in [-0.2, 0) is 20.5 Å². The number of sulfonamides is 1. The van der Waals surface area contributed by atoms with Crippen molar-refractivity contribution in [1.29, 1.82) is 5.26 Å². The molecule has 0 radical (unpaired) electrons. The number of aromatic nitrogens is 3. The first-order chi connectivity index (χ1) is 15.0. The summed E-state index contributed by atoms with van der Waals surface area (Å²) >= 11 is 1.43. The summed E-state index contributed by atoms with van der Waals surface area (Å²) < 4.78 is 33.9. The number of morpholine rings is 1. The second kappa shape index (κ2) is 9.20. The van der Waals surface area contributed by atoms with Crippen molar-refractivity contribution in [2.24, 2.45) is 0 Å². The quantitative estimate of drug-likeness (QED) is 0.527. The largest absolute Gasteiger partial charge is 0.379 e. The molecule has 0 saturated carbocycles. The van der Waals surface area contributed by atoms with Crippen molar-refractivity contribution >= 4 is 21.8 Å². The molecule has 1 aliphatic rings. The molecule has 2 aromatic heterocycles. The van der Waals surface area contributed by atoms with E-state index >= 15 is 0 Å². The van der Waals surface area contributed by atoms with Gasteiger partial charge in [-0.1, -0.05) is 30.0 Å². The van der Waals surface area contributed by atoms with Crippen molar-refractivity contribution in [1.82, 2.24) is 19.1 Å². The fourth-order valence-electron chi connectivity index (χ4n) is 3.32. The SMILES string of the molecule is Cc1nn(-c2ccccc2)c(CSc2ccc(S(=O)(=O)N3CCOCC3)cn2)c1C#N. The molecule has 160 valence electrons. The third-order valence-electron chi connectivity index (χ3n) is 4.94. The number of hydrogen-bond donors (Lipinski definition) is 0. The van der Waals surface area contributed by atoms with Crippen LogP contribution in [0.2, 0.25) is 0 Å². The number of hydrogen-bond acceptors (Lipinski definition) is 7. The predicted molar refractivity (Wildman–Crippen MR) is 116 cm³/mol. The van der Waals surface area contributed by atoms with Crippen LogP contribution in [0.5, 0.6) is 0 Å². The van der Waals surface area contributed by atoms with Gasteiger partial charge in [0.1, 0.15) is 11.0 Å². The Kier molecular flexibility index (Phi) is 6.38. The van der Waals surface area contributed by atoms with Gasteiger partial charge < -0.3 is 4.74 Å². The minimum Gasteiger partial charge on any atom is -0.379 e. The molecule has 8 nitrogen and oxygen atoms in total. The fourth-order valence-corrected chi connectivity index (χ4v) is 5.52. The van der Waals surface area contributed by atoms with Crippen molar-refractivity contribution in [2.75, 3.05) is 26.3 Å². The highest BCUT2D eigenvalue weighted by molar-refractivity contribution is 7.98. The van der Waals surface area contributed by atoms with Gasteiger partial charge in [0.05, 0.1) is 40.9 Å². The van der Waals surface area contributed by atoms with Gasteiger partial charge in [0.2, 0.25) is 10.0 Å². The topological polar surface area (TPSA) is 101 Å². The fraction of sp³-hybridized carbons (Fsp3) is 0.286. The summed E-state index contributed by atoms with van der Waals surface area (Å²) in [4.78, 5) is 4.50. The molecule has 0 aliphatic carbocycles. The lowest BCUT2D eigenvalue weighted by atomic mass is 10.2. The van der Waals surface area contributed by atoms with Crippen molar-refractivity contribution in [3.8, 4) is 11.8 Å². The van der Waals surface area contributed by atoms with Crippen LogP contribution in [0.4, 0.5) is 0 Å². The Morgan fingerprint density at radius 1 is 1.16 bits per heavy atom. The van der Waals surface area contributed by atoms with Crippen molar-refractivity contribution in [3.05, 3.63) is 65.6 Å². The zero-order valence-corrected chi connectivity index (χ0v) is 18.6. The molecule has 0 N–H and O–H groups in total. The number of benzene rings is 1. The minimum atomic E-state index is -3.57. The molecule has 31 heavy (non-hydrogen) atoms. The molecule has 0 bridgehead atoms. The second-order valence-electron chi connectivity index (χ2n) is 6.90. The third kappa shape index (κ3) is 4.50. The summed E-state index contributed by atoms with van der Waals surface area (Å²) in [7, 11) is -3.57. The Morgan fingerprint density at radius 3 is 2.55 bits per heavy atom. The lowest BCUT2D eigenvalue weighted by Gasteiger charge is -2.25. The van der Waals surface area contributed by atoms with Gasteiger partial charge in [-0.15, -0.1) is 0 Å². The lowest BCUT2D eigenvalue weighted by molar-refractivity contribution is 0.0730. The summed E-state index contributed by atoms with van der Waals surface area (Å²) in [5.41, 5.74) is 2.87. The zero-order chi connectivity index (χ0) is 21.8. The maximum Gasteiger partial charge on any atom is 0.244 e. The Morgan fingerprint density at radius 2 is 1.90 bits per heavy atom. The first-order valence-corrected chi connectivity index (χ1v) is 12.1. The Balaban J connectivity index is 1.53. The average molecular weight is 456 g/mol. The molecule has 1 fully saturated rings. The van der Waals surface area contributed by atoms with E-state index in [-0.39, 0.29) is 4.90 Å². The van der Waals surface area contributed by atoms with E-state index in [4.69, 9.17) is 4.74 Å². The van der Waals surface area contributed by atoms with Gasteiger partial charge in [-0.25, -0.2) is 18.1 Å². The summed E-state index contributed by atoms with van der Waals surface area (Å²) in [6.07, 6.45) is 1.39. The van der Waals surface area contributed by atoms with Crippen LogP contribution in [0.25, 0.3) is 5.69 Å². The molecular weight excluding hydrogens is 434 g/mol. The van der Waals surface area contributed by atoms with Crippen molar-refractivity contribution in [2.45, 2.75) is 22.6 Å². The number of nitrogens with zero attached hydrogens (tertiary/aromatic N) is 5. The molecule has 1 saturated heterocycles. The van der Waals surface area contributed by atoms with E-state index in [9.17, 15) is 13.7 Å². The molecule has 3 aromatic rings. The maximum atomic E-state index is 12.7. The second-order valence-corrected chi connectivity index (χ2v) is 9.84. The molecule has 3 heterocycles. The molecule has 10 heteroatoms. The average Bonchev–Trinajstić information content (AvgIpc) is 3.14. The van der Waals surface area contributed by atoms with E-state index in [0.29, 0.717) is 48.3 Å². The van der Waals surface area contributed by atoms with Crippen molar-refractivity contribution in [3.63, 3.8) is 0 Å². The first-order valence-electron chi connectivity index (χ1n) is 9.71. The maximum absolute atomic E-state index is 12.7. The Hall–Kier alpha value is -2.71. The number of thioether (sulfide) groups is 1. The summed E-state index contributed by atoms with van der Waals surface area (Å²) in [6, 6.07) is 15.2. The van der Waals surface area contributed by atoms with Gasteiger partial charge in [-0.3, -0.25) is 0 Å². The highest BCUT2D eigenvalue weighted by atomic mass is 32.2. The van der Waals surface area contributed by atoms with E-state index in [1.807, 2.05) is 37.3 Å². The van der Waals surface area contributed by atoms with Gasteiger partial charge in [0, 0.05) is 25.0 Å². The Labute approximate surface area is 185 Å². The van der Waals surface area contributed by atoms with E-state index in [1.165, 1.54) is 22.3 Å². The van der Waals surface area contributed by atoms with E-state index < -0.39 is 10.0 Å². The van der Waals surface area contributed by atoms with Gasteiger partial charge in [0.15, 0.2) is 0 Å². The minimum absolute atomic E-state index is 0.168. The van der Waals surface area contributed by atoms with E-state index in [1.54, 1.807) is 16.8 Å². The highest BCUT2D eigenvalue weighted by Gasteiger charge is 2.26. The number of rotatable bonds is 6. The normalized spacial score (nSPS) is 15.0. The van der Waals surface area contributed by atoms with Crippen LogP contribution >= 0.6 is 11.8 Å². The van der Waals surface area contributed by atoms with E-state index in [0.717, 1.165) is 11.4 Å². The predicted octanol–water partition coefficient (Wildman–Crippen LogP) is 2.76. The van der Waals surface area contributed by atoms with Gasteiger partial charge >= 0.3 is 0 Å². The Bertz CT molecular complexity index is 1200. The molecule has 0 atom stereocenters. The number of aryl methyl sites for hydroxylation is 1. The molecule has 1 aliphatic heterocycles. The molecule has 0 unspecified atom stereocenters. The standard InChI is InChI=1S/C21H21N5O3S2/c1-16-19(13-22)20(26(24-16)17-5-3-2-4-6-17)15-30-21-8-7-18(14-23-21)31(27,28)25-9-11-29-12-10-25/h2-8,14H,9-12,15H2,1H3. The highest BCUT2D eigenvalue weighted by Crippen LogP contribution is 2.27. The zero-order valence-electron chi connectivity index (χ0n) is 16.9. The van der Waals surface area contributed by atoms with Crippen LogP contribution in [0.3, 0.4) is 0 Å². The van der Waals surface area contributed by atoms with Gasteiger partial charge in [0.25, 0.3) is 0 Å². The number of pyridine rings is 1. The number of ether oxygens (including phenoxy) is 1. The molecular formula is C21H21N5O3S2. The molecule has 0 amide bonds. The monoisotopic (exact) mass is 455 g/mol. The molecule has 1 aromatic carbocycles. The summed E-state index contributed by atoms with van der Waals surface area (Å²) in [5, 5.41) is 14.8. The van der Waals surface area contributed by atoms with Gasteiger partial charge in [-0.05, 0) is 31.2 Å². The molecule has 4 rings (SSSR count). The van der Waals surface area contributed by atoms with Crippen LogP contribution in [0.15, 0.2) is 58.6 Å². The lowest BCUT2D eigenvalue weighted by Crippen LogP contribution is -2.40. The summed E-state index contributed by atoms with van der Waals surface area (Å²) in [6.45, 7) is 3.31. The van der Waals surface area contributed by atoms with Crippen molar-refractivity contribution < 1.29 is 13.2 Å². The molecule has 0 spiro atoms. The van der Waals surface area contributed by atoms with Crippen LogP contribution < -0.4 is 0 Å². The van der Waals surface area contributed by atoms with Crippen LogP contribution in [0.1, 0.15) is 17.0 Å². The number of nitriles is 1. The van der Waals surface area contributed by atoms with Gasteiger partial charge in [-0.2, -0.15) is 14.7 Å². The van der Waals surface area contributed by atoms with Crippen LogP contribution in [0, 0.1) is 18.3 Å². The van der Waals surface area contributed by atoms with Crippen LogP contribution in [-0.4, -0.2) is 53.8 Å². The summed E-state index contributed by atoms with van der Waals surface area (Å²) in [5.74, 6) is 0.473. The smallest absolute Gasteiger partial charge is 0.244 e.